The first-order chi connectivity index (χ1) is 23.3. The molecule has 234 valence electrons. The van der Waals surface area contributed by atoms with Crippen molar-refractivity contribution in [2.24, 2.45) is 23.7 Å². The molecular weight excluding hydrogens is 612 g/mol. The first-order valence-corrected chi connectivity index (χ1v) is 15.5. The van der Waals surface area contributed by atoms with Crippen molar-refractivity contribution >= 4 is 52.2 Å². The van der Waals surface area contributed by atoms with Crippen LogP contribution in [0.2, 0.25) is 0 Å². The Labute approximate surface area is 272 Å². The summed E-state index contributed by atoms with van der Waals surface area (Å²) in [7, 11) is 0. The smallest absolute Gasteiger partial charge is 0.265 e. The Hall–Kier alpha value is -6.23. The number of hydrogen-bond donors (Lipinski definition) is 0. The minimum Gasteiger partial charge on any atom is -0.296 e. The molecule has 2 saturated heterocycles. The molecule has 11 nitrogen and oxygen atoms in total. The van der Waals surface area contributed by atoms with Gasteiger partial charge in [0.2, 0.25) is 23.6 Å². The summed E-state index contributed by atoms with van der Waals surface area (Å²) in [6, 6.07) is 31.2. The van der Waals surface area contributed by atoms with Crippen LogP contribution >= 0.6 is 0 Å². The zero-order chi connectivity index (χ0) is 33.1. The van der Waals surface area contributed by atoms with Crippen LogP contribution in [0.4, 0.5) is 17.1 Å². The number of nitro groups is 1. The molecular formula is C37H24N4O7. The summed E-state index contributed by atoms with van der Waals surface area (Å²) in [4.78, 5) is 90.2. The first-order valence-electron chi connectivity index (χ1n) is 15.5. The zero-order valence-electron chi connectivity index (χ0n) is 25.0. The van der Waals surface area contributed by atoms with E-state index in [0.717, 1.165) is 9.80 Å². The second-order valence-electron chi connectivity index (χ2n) is 12.7. The van der Waals surface area contributed by atoms with Crippen LogP contribution in [0.1, 0.15) is 15.9 Å². The fourth-order valence-corrected chi connectivity index (χ4v) is 9.12. The summed E-state index contributed by atoms with van der Waals surface area (Å²) in [5.74, 6) is -10.4. The number of nitrogens with zero attached hydrogens (tertiary/aromatic N) is 4. The van der Waals surface area contributed by atoms with Gasteiger partial charge in [-0.2, -0.15) is 0 Å². The van der Waals surface area contributed by atoms with Crippen LogP contribution in [0, 0.1) is 33.8 Å². The van der Waals surface area contributed by atoms with Gasteiger partial charge in [-0.1, -0.05) is 72.8 Å². The van der Waals surface area contributed by atoms with E-state index in [4.69, 9.17) is 0 Å². The fourth-order valence-electron chi connectivity index (χ4n) is 9.12. The molecule has 48 heavy (non-hydrogen) atoms. The second kappa shape index (κ2) is 9.41. The molecule has 11 heteroatoms. The van der Waals surface area contributed by atoms with Crippen molar-refractivity contribution in [1.82, 2.24) is 0 Å². The molecule has 10 rings (SSSR count). The van der Waals surface area contributed by atoms with Gasteiger partial charge in [0.25, 0.3) is 11.4 Å². The summed E-state index contributed by atoms with van der Waals surface area (Å²) in [5.41, 5.74) is -2.83. The van der Waals surface area contributed by atoms with Gasteiger partial charge in [-0.15, -0.1) is 0 Å². The van der Waals surface area contributed by atoms with Gasteiger partial charge in [-0.25, -0.2) is 9.80 Å². The Balaban J connectivity index is 1.40. The van der Waals surface area contributed by atoms with Crippen molar-refractivity contribution in [3.8, 4) is 0 Å². The highest BCUT2D eigenvalue weighted by Crippen LogP contribution is 2.72. The topological polar surface area (TPSA) is 138 Å². The predicted octanol–water partition coefficient (Wildman–Crippen LogP) is 4.12. The lowest BCUT2D eigenvalue weighted by molar-refractivity contribution is -0.577. The van der Waals surface area contributed by atoms with Crippen LogP contribution in [-0.2, 0) is 19.2 Å². The lowest BCUT2D eigenvalue weighted by atomic mass is 9.44. The molecule has 0 N–H and O–H groups in total. The van der Waals surface area contributed by atoms with Gasteiger partial charge in [-0.3, -0.25) is 39.0 Å². The van der Waals surface area contributed by atoms with Gasteiger partial charge in [0.15, 0.2) is 0 Å². The molecule has 0 radical (unpaired) electrons. The molecule has 4 aromatic carbocycles. The van der Waals surface area contributed by atoms with Crippen LogP contribution in [0.25, 0.3) is 5.57 Å². The summed E-state index contributed by atoms with van der Waals surface area (Å²) >= 11 is 0. The van der Waals surface area contributed by atoms with Gasteiger partial charge in [-0.05, 0) is 54.1 Å². The van der Waals surface area contributed by atoms with Gasteiger partial charge in [0.1, 0.15) is 11.8 Å². The zero-order valence-corrected chi connectivity index (χ0v) is 25.0. The number of amides is 5. The van der Waals surface area contributed by atoms with E-state index in [1.807, 2.05) is 0 Å². The van der Waals surface area contributed by atoms with Gasteiger partial charge < -0.3 is 0 Å². The van der Waals surface area contributed by atoms with E-state index in [0.29, 0.717) is 11.3 Å². The summed E-state index contributed by atoms with van der Waals surface area (Å²) in [6.45, 7) is 0. The Morgan fingerprint density at radius 3 is 1.54 bits per heavy atom. The highest BCUT2D eigenvalue weighted by atomic mass is 16.6. The Kier molecular flexibility index (Phi) is 5.50. The molecule has 1 spiro atoms. The molecule has 3 aliphatic heterocycles. The molecule has 1 saturated carbocycles. The van der Waals surface area contributed by atoms with Gasteiger partial charge >= 0.3 is 0 Å². The Morgan fingerprint density at radius 1 is 0.604 bits per heavy atom. The molecule has 6 aliphatic rings. The minimum absolute atomic E-state index is 0.197. The highest BCUT2D eigenvalue weighted by molar-refractivity contribution is 6.31. The average Bonchev–Trinajstić information content (AvgIpc) is 3.68. The Bertz CT molecular complexity index is 2080. The number of benzene rings is 4. The van der Waals surface area contributed by atoms with Crippen LogP contribution in [0.5, 0.6) is 0 Å². The number of hydrogen-bond acceptors (Lipinski definition) is 7. The van der Waals surface area contributed by atoms with Crippen molar-refractivity contribution in [2.45, 2.75) is 11.1 Å². The average molecular weight is 637 g/mol. The highest BCUT2D eigenvalue weighted by Gasteiger charge is 2.89. The third kappa shape index (κ3) is 3.06. The SMILES string of the molecule is O=C1[C@@H]2[C@H](C(=O)N1c1ccccc1)C1([N+](=O)[O-])C=C3c4ccccc4N(C(=O)c4ccccc4)C32[C@H]2C(=O)N(c3ccccc3)C(=O)[C@H]21. The lowest BCUT2D eigenvalue weighted by Crippen LogP contribution is -2.77. The minimum atomic E-state index is -2.47. The number of para-hydroxylation sites is 3. The van der Waals surface area contributed by atoms with E-state index < -0.39 is 69.2 Å². The molecule has 2 bridgehead atoms. The number of carbonyl (C=O) groups excluding carboxylic acids is 5. The summed E-state index contributed by atoms with van der Waals surface area (Å²) in [6.07, 6.45) is 1.31. The molecule has 3 aliphatic carbocycles. The molecule has 3 heterocycles. The molecule has 2 unspecified atom stereocenters. The lowest BCUT2D eigenvalue weighted by Gasteiger charge is -2.57. The van der Waals surface area contributed by atoms with E-state index >= 15 is 0 Å². The third-order valence-electron chi connectivity index (χ3n) is 10.7. The van der Waals surface area contributed by atoms with Crippen LogP contribution in [0.3, 0.4) is 0 Å². The van der Waals surface area contributed by atoms with Crippen molar-refractivity contribution in [3.05, 3.63) is 143 Å². The maximum atomic E-state index is 14.9. The van der Waals surface area contributed by atoms with Crippen LogP contribution < -0.4 is 14.7 Å². The number of fused-ring (bicyclic) bond motifs is 1. The van der Waals surface area contributed by atoms with Crippen molar-refractivity contribution in [2.75, 3.05) is 14.7 Å². The molecule has 6 atom stereocenters. The maximum Gasteiger partial charge on any atom is 0.265 e. The number of rotatable bonds is 4. The van der Waals surface area contributed by atoms with Crippen molar-refractivity contribution in [1.29, 1.82) is 0 Å². The fraction of sp³-hybridized carbons (Fsp3) is 0.162. The summed E-state index contributed by atoms with van der Waals surface area (Å²) < 4.78 is 0. The monoisotopic (exact) mass is 636 g/mol. The predicted molar refractivity (Wildman–Crippen MR) is 172 cm³/mol. The second-order valence-corrected chi connectivity index (χ2v) is 12.7. The van der Waals surface area contributed by atoms with E-state index in [-0.39, 0.29) is 22.5 Å². The third-order valence-corrected chi connectivity index (χ3v) is 10.7. The Morgan fingerprint density at radius 2 is 1.04 bits per heavy atom. The van der Waals surface area contributed by atoms with E-state index in [1.54, 1.807) is 115 Å². The molecule has 4 aromatic rings. The number of anilines is 3. The number of carbonyl (C=O) groups is 5. The van der Waals surface area contributed by atoms with Gasteiger partial charge in [0, 0.05) is 16.1 Å². The quantitative estimate of drug-likeness (QED) is 0.187. The van der Waals surface area contributed by atoms with Crippen LogP contribution in [0.15, 0.2) is 121 Å². The first kappa shape index (κ1) is 28.0. The van der Waals surface area contributed by atoms with E-state index in [1.165, 1.54) is 11.0 Å². The molecule has 0 aromatic heterocycles. The number of imide groups is 2. The van der Waals surface area contributed by atoms with Gasteiger partial charge in [0.05, 0.1) is 34.4 Å². The van der Waals surface area contributed by atoms with Crippen LogP contribution in [-0.4, -0.2) is 45.5 Å². The largest absolute Gasteiger partial charge is 0.296 e. The standard InChI is InChI=1S/C37H24N4O7/c42-31(21-12-4-1-5-13-21)40-26-19-11-10-18-24(26)25-20-36(41(47)48)27-29(34(45)38(32(27)43)22-14-6-2-7-15-22)37(25,40)30-28(36)33(44)39(35(30)46)23-16-8-3-9-17-23/h1-20,27-30H/t27-,28+,29+,30-,36?,37?. The normalized spacial score (nSPS) is 29.4. The summed E-state index contributed by atoms with van der Waals surface area (Å²) in [5, 5.41) is 13.7. The molecule has 3 fully saturated rings. The van der Waals surface area contributed by atoms with E-state index in [9.17, 15) is 34.1 Å². The van der Waals surface area contributed by atoms with Crippen molar-refractivity contribution < 1.29 is 28.9 Å². The molecule has 5 amide bonds. The van der Waals surface area contributed by atoms with Crippen molar-refractivity contribution in [3.63, 3.8) is 0 Å². The van der Waals surface area contributed by atoms with E-state index in [2.05, 4.69) is 0 Å². The maximum absolute atomic E-state index is 14.9.